The highest BCUT2D eigenvalue weighted by Gasteiger charge is 2.33. The summed E-state index contributed by atoms with van der Waals surface area (Å²) in [6.07, 6.45) is 1.58. The van der Waals surface area contributed by atoms with Gasteiger partial charge < -0.3 is 5.73 Å². The summed E-state index contributed by atoms with van der Waals surface area (Å²) in [6.45, 7) is 9.44. The molecular weight excluding hydrogens is 256 g/mol. The fourth-order valence-corrected chi connectivity index (χ4v) is 4.37. The van der Waals surface area contributed by atoms with Crippen molar-refractivity contribution in [1.82, 2.24) is 4.31 Å². The van der Waals surface area contributed by atoms with E-state index >= 15 is 0 Å². The van der Waals surface area contributed by atoms with E-state index in [9.17, 15) is 8.42 Å². The average molecular weight is 274 g/mol. The first kappa shape index (κ1) is 14.2. The van der Waals surface area contributed by atoms with Gasteiger partial charge in [0, 0.05) is 23.2 Å². The summed E-state index contributed by atoms with van der Waals surface area (Å²) in [4.78, 5) is 0. The number of hydrogen-bond acceptors (Lipinski definition) is 4. The van der Waals surface area contributed by atoms with Gasteiger partial charge in [-0.25, -0.2) is 8.42 Å². The smallest absolute Gasteiger partial charge is 0.253 e. The first-order valence-corrected chi connectivity index (χ1v) is 7.49. The summed E-state index contributed by atoms with van der Waals surface area (Å²) in [5, 5.41) is 1.63. The number of hydrogen-bond donors (Lipinski definition) is 1. The molecule has 2 N–H and O–H groups in total. The predicted octanol–water partition coefficient (Wildman–Crippen LogP) is 2.31. The van der Waals surface area contributed by atoms with Gasteiger partial charge in [0.1, 0.15) is 4.21 Å². The molecule has 0 aliphatic heterocycles. The molecule has 1 rings (SSSR count). The lowest BCUT2D eigenvalue weighted by molar-refractivity contribution is 0.270. The van der Waals surface area contributed by atoms with Crippen LogP contribution in [0.3, 0.4) is 0 Å². The van der Waals surface area contributed by atoms with Crippen LogP contribution in [0.2, 0.25) is 0 Å². The number of sulfonamides is 1. The molecule has 1 aromatic heterocycles. The molecule has 0 aliphatic rings. The van der Waals surface area contributed by atoms with E-state index in [1.54, 1.807) is 11.5 Å². The summed E-state index contributed by atoms with van der Waals surface area (Å²) in [5.74, 6) is 0. The Morgan fingerprint density at radius 2 is 2.12 bits per heavy atom. The van der Waals surface area contributed by atoms with Gasteiger partial charge in [0.25, 0.3) is 10.0 Å². The van der Waals surface area contributed by atoms with Crippen LogP contribution in [-0.2, 0) is 10.0 Å². The van der Waals surface area contributed by atoms with Gasteiger partial charge in [0.2, 0.25) is 0 Å². The number of nitrogens with two attached hydrogens (primary N) is 1. The third-order valence-corrected chi connectivity index (χ3v) is 5.75. The maximum Gasteiger partial charge on any atom is 0.253 e. The van der Waals surface area contributed by atoms with E-state index in [4.69, 9.17) is 5.73 Å². The highest BCUT2D eigenvalue weighted by Crippen LogP contribution is 2.29. The maximum absolute atomic E-state index is 12.4. The normalized spacial score (nSPS) is 12.9. The number of nitrogen functional groups attached to an aromatic ring is 1. The largest absolute Gasteiger partial charge is 0.398 e. The van der Waals surface area contributed by atoms with Gasteiger partial charge in [-0.3, -0.25) is 0 Å². The van der Waals surface area contributed by atoms with Crippen LogP contribution >= 0.6 is 11.3 Å². The molecule has 0 saturated carbocycles. The average Bonchev–Trinajstić information content (AvgIpc) is 2.59. The summed E-state index contributed by atoms with van der Waals surface area (Å²) < 4.78 is 26.5. The van der Waals surface area contributed by atoms with Crippen molar-refractivity contribution < 1.29 is 8.42 Å². The second-order valence-electron chi connectivity index (χ2n) is 4.69. The first-order chi connectivity index (χ1) is 7.69. The van der Waals surface area contributed by atoms with Crippen molar-refractivity contribution in [2.45, 2.75) is 30.5 Å². The third kappa shape index (κ3) is 3.08. The second kappa shape index (κ2) is 4.80. The molecule has 6 heteroatoms. The van der Waals surface area contributed by atoms with Crippen LogP contribution in [-0.4, -0.2) is 24.8 Å². The Labute approximate surface area is 107 Å². The monoisotopic (exact) mass is 274 g/mol. The Kier molecular flexibility index (Phi) is 4.01. The van der Waals surface area contributed by atoms with E-state index in [-0.39, 0.29) is 10.8 Å². The Bertz CT molecular complexity index is 498. The molecule has 0 aromatic carbocycles. The number of anilines is 1. The van der Waals surface area contributed by atoms with E-state index in [2.05, 4.69) is 6.58 Å². The van der Waals surface area contributed by atoms with Gasteiger partial charge in [-0.2, -0.15) is 4.31 Å². The summed E-state index contributed by atoms with van der Waals surface area (Å²) in [6, 6.07) is 1.49. The molecular formula is C11H18N2O2S2. The van der Waals surface area contributed by atoms with Crippen LogP contribution < -0.4 is 5.73 Å². The topological polar surface area (TPSA) is 63.4 Å². The fourth-order valence-electron chi connectivity index (χ4n) is 1.42. The van der Waals surface area contributed by atoms with Gasteiger partial charge in [-0.15, -0.1) is 17.9 Å². The zero-order valence-corrected chi connectivity index (χ0v) is 11.9. The van der Waals surface area contributed by atoms with Crippen molar-refractivity contribution in [3.63, 3.8) is 0 Å². The molecule has 0 radical (unpaired) electrons. The summed E-state index contributed by atoms with van der Waals surface area (Å²) >= 11 is 1.14. The molecule has 0 bridgehead atoms. The third-order valence-electron chi connectivity index (χ3n) is 2.18. The molecule has 1 aromatic rings. The molecule has 17 heavy (non-hydrogen) atoms. The van der Waals surface area contributed by atoms with Crippen molar-refractivity contribution in [2.75, 3.05) is 12.3 Å². The van der Waals surface area contributed by atoms with E-state index in [0.29, 0.717) is 5.69 Å². The number of thiophene rings is 1. The van der Waals surface area contributed by atoms with Crippen LogP contribution in [0.4, 0.5) is 5.69 Å². The van der Waals surface area contributed by atoms with E-state index in [0.717, 1.165) is 11.3 Å². The zero-order valence-electron chi connectivity index (χ0n) is 10.3. The highest BCUT2D eigenvalue weighted by atomic mass is 32.2. The van der Waals surface area contributed by atoms with E-state index < -0.39 is 15.6 Å². The van der Waals surface area contributed by atoms with Crippen LogP contribution in [0.15, 0.2) is 28.3 Å². The van der Waals surface area contributed by atoms with Crippen molar-refractivity contribution in [1.29, 1.82) is 0 Å². The molecule has 0 spiro atoms. The number of rotatable bonds is 4. The van der Waals surface area contributed by atoms with Crippen LogP contribution in [0.5, 0.6) is 0 Å². The Hall–Kier alpha value is -0.850. The van der Waals surface area contributed by atoms with E-state index in [1.807, 2.05) is 20.8 Å². The number of nitrogens with zero attached hydrogens (tertiary/aromatic N) is 1. The molecule has 0 fully saturated rings. The van der Waals surface area contributed by atoms with Gasteiger partial charge in [0.15, 0.2) is 0 Å². The Morgan fingerprint density at radius 1 is 1.53 bits per heavy atom. The molecule has 4 nitrogen and oxygen atoms in total. The molecule has 96 valence electrons. The summed E-state index contributed by atoms with van der Waals surface area (Å²) in [7, 11) is -3.50. The molecule has 0 unspecified atom stereocenters. The van der Waals surface area contributed by atoms with Gasteiger partial charge in [-0.1, -0.05) is 6.08 Å². The second-order valence-corrected chi connectivity index (χ2v) is 7.70. The molecule has 0 atom stereocenters. The quantitative estimate of drug-likeness (QED) is 0.857. The Balaban J connectivity index is 3.22. The molecule has 0 saturated heterocycles. The van der Waals surface area contributed by atoms with Gasteiger partial charge in [0.05, 0.1) is 0 Å². The van der Waals surface area contributed by atoms with Gasteiger partial charge in [-0.05, 0) is 26.8 Å². The predicted molar refractivity (Wildman–Crippen MR) is 72.6 cm³/mol. The van der Waals surface area contributed by atoms with E-state index in [1.165, 1.54) is 10.4 Å². The maximum atomic E-state index is 12.4. The molecule has 0 aliphatic carbocycles. The lowest BCUT2D eigenvalue weighted by Crippen LogP contribution is -2.45. The van der Waals surface area contributed by atoms with Crippen LogP contribution in [0.1, 0.15) is 20.8 Å². The minimum absolute atomic E-state index is 0.270. The molecule has 0 amide bonds. The van der Waals surface area contributed by atoms with Crippen LogP contribution in [0, 0.1) is 0 Å². The van der Waals surface area contributed by atoms with Crippen molar-refractivity contribution in [2.24, 2.45) is 0 Å². The minimum atomic E-state index is -3.50. The standard InChI is InChI=1S/C11H18N2O2S2/c1-5-6-13(11(2,3)4)17(14,15)10-7-9(12)8-16-10/h5,7-8H,1,6,12H2,2-4H3. The van der Waals surface area contributed by atoms with Crippen molar-refractivity contribution in [3.05, 3.63) is 24.1 Å². The zero-order chi connectivity index (χ0) is 13.3. The van der Waals surface area contributed by atoms with Crippen molar-refractivity contribution >= 4 is 27.0 Å². The lowest BCUT2D eigenvalue weighted by atomic mass is 10.1. The first-order valence-electron chi connectivity index (χ1n) is 5.17. The van der Waals surface area contributed by atoms with Crippen LogP contribution in [0.25, 0.3) is 0 Å². The van der Waals surface area contributed by atoms with Gasteiger partial charge >= 0.3 is 0 Å². The summed E-state index contributed by atoms with van der Waals surface area (Å²) in [5.41, 5.74) is 5.54. The van der Waals surface area contributed by atoms with Crippen molar-refractivity contribution in [3.8, 4) is 0 Å². The minimum Gasteiger partial charge on any atom is -0.398 e. The molecule has 1 heterocycles. The SMILES string of the molecule is C=CCN(C(C)(C)C)S(=O)(=O)c1cc(N)cs1. The Morgan fingerprint density at radius 3 is 2.47 bits per heavy atom. The fraction of sp³-hybridized carbons (Fsp3) is 0.455. The lowest BCUT2D eigenvalue weighted by Gasteiger charge is -2.33. The highest BCUT2D eigenvalue weighted by molar-refractivity contribution is 7.91.